The Morgan fingerprint density at radius 1 is 0.900 bits per heavy atom. The number of hydrogen-bond donors (Lipinski definition) is 6. The van der Waals surface area contributed by atoms with Crippen molar-refractivity contribution in [1.82, 2.24) is 15.5 Å². The molecule has 4 atom stereocenters. The zero-order valence-corrected chi connectivity index (χ0v) is 15.7. The van der Waals surface area contributed by atoms with Crippen LogP contribution in [0.1, 0.15) is 10.4 Å². The smallest absolute Gasteiger partial charge is 0.252 e. The highest BCUT2D eigenvalue weighted by atomic mass is 16.4. The van der Waals surface area contributed by atoms with Crippen LogP contribution in [0.5, 0.6) is 0 Å². The minimum Gasteiger partial charge on any atom is -0.394 e. The number of hydrogen-bond acceptors (Lipinski definition) is 9. The van der Waals surface area contributed by atoms with Crippen molar-refractivity contribution >= 4 is 27.7 Å². The molecular formula is C20H21N3O7. The molecule has 3 aromatic rings. The summed E-state index contributed by atoms with van der Waals surface area (Å²) in [7, 11) is 0. The SMILES string of the molecule is O=C(NC[C@H](O)[C@@H](O)[C@H](O)[C@H](O)CO)c1cccc2nnc3ccccc3c(=O)c12. The normalized spacial score (nSPS) is 15.5. The van der Waals surface area contributed by atoms with Gasteiger partial charge < -0.3 is 30.8 Å². The Kier molecular flexibility index (Phi) is 6.65. The lowest BCUT2D eigenvalue weighted by Crippen LogP contribution is -2.49. The van der Waals surface area contributed by atoms with Crippen LogP contribution in [-0.2, 0) is 0 Å². The number of carbonyl (C=O) groups is 1. The Bertz CT molecular complexity index is 1120. The fourth-order valence-corrected chi connectivity index (χ4v) is 3.02. The molecule has 2 aromatic carbocycles. The highest BCUT2D eigenvalue weighted by molar-refractivity contribution is 6.07. The number of fused-ring (bicyclic) bond motifs is 2. The minimum atomic E-state index is -1.82. The molecule has 3 rings (SSSR count). The van der Waals surface area contributed by atoms with Gasteiger partial charge >= 0.3 is 0 Å². The van der Waals surface area contributed by atoms with Crippen LogP contribution >= 0.6 is 0 Å². The Morgan fingerprint density at radius 3 is 2.27 bits per heavy atom. The summed E-state index contributed by atoms with van der Waals surface area (Å²) in [5.74, 6) is -0.710. The number of amides is 1. The molecule has 0 aliphatic heterocycles. The number of rotatable bonds is 7. The molecular weight excluding hydrogens is 394 g/mol. The molecule has 0 bridgehead atoms. The number of nitrogens with zero attached hydrogens (tertiary/aromatic N) is 2. The van der Waals surface area contributed by atoms with Gasteiger partial charge in [0.25, 0.3) is 5.91 Å². The standard InChI is InChI=1S/C20H21N3O7/c24-9-15(26)19(29)18(28)14(25)8-21-20(30)11-5-3-7-13-16(11)17(27)10-4-1-2-6-12(10)22-23-13/h1-7,14-15,18-19,24-26,28-29H,8-9H2,(H,21,30)/t14-,15+,18+,19+/m0/s1. The summed E-state index contributed by atoms with van der Waals surface area (Å²) in [6.07, 6.45) is -6.92. The van der Waals surface area contributed by atoms with E-state index in [-0.39, 0.29) is 21.9 Å². The van der Waals surface area contributed by atoms with Crippen LogP contribution in [-0.4, -0.2) is 79.2 Å². The third-order valence-corrected chi connectivity index (χ3v) is 4.73. The maximum atomic E-state index is 13.0. The Balaban J connectivity index is 1.90. The van der Waals surface area contributed by atoms with E-state index in [1.165, 1.54) is 12.1 Å². The van der Waals surface area contributed by atoms with Crippen molar-refractivity contribution in [2.45, 2.75) is 24.4 Å². The van der Waals surface area contributed by atoms with E-state index in [9.17, 15) is 30.0 Å². The lowest BCUT2D eigenvalue weighted by atomic mass is 10.0. The molecule has 1 aromatic heterocycles. The van der Waals surface area contributed by atoms with Gasteiger partial charge in [0.1, 0.15) is 18.3 Å². The lowest BCUT2D eigenvalue weighted by molar-refractivity contribution is -0.113. The van der Waals surface area contributed by atoms with Crippen molar-refractivity contribution in [3.8, 4) is 0 Å². The molecule has 1 amide bonds. The Labute approximate surface area is 170 Å². The van der Waals surface area contributed by atoms with Crippen LogP contribution in [0.25, 0.3) is 21.8 Å². The van der Waals surface area contributed by atoms with E-state index >= 15 is 0 Å². The van der Waals surface area contributed by atoms with Gasteiger partial charge in [0, 0.05) is 6.54 Å². The van der Waals surface area contributed by atoms with Crippen LogP contribution in [0.15, 0.2) is 47.3 Å². The van der Waals surface area contributed by atoms with Crippen molar-refractivity contribution in [3.63, 3.8) is 0 Å². The third kappa shape index (κ3) is 4.27. The number of carbonyl (C=O) groups excluding carboxylic acids is 1. The van der Waals surface area contributed by atoms with Crippen molar-refractivity contribution in [1.29, 1.82) is 0 Å². The second-order valence-electron chi connectivity index (χ2n) is 6.75. The van der Waals surface area contributed by atoms with E-state index in [0.29, 0.717) is 5.52 Å². The number of benzene rings is 2. The first kappa shape index (κ1) is 21.7. The van der Waals surface area contributed by atoms with Crippen molar-refractivity contribution in [3.05, 3.63) is 58.3 Å². The molecule has 0 radical (unpaired) electrons. The van der Waals surface area contributed by atoms with Crippen LogP contribution in [0.4, 0.5) is 0 Å². The number of aliphatic hydroxyl groups is 5. The number of aliphatic hydroxyl groups excluding tert-OH is 5. The monoisotopic (exact) mass is 415 g/mol. The van der Waals surface area contributed by atoms with E-state index < -0.39 is 48.9 Å². The van der Waals surface area contributed by atoms with Crippen molar-refractivity contribution in [2.24, 2.45) is 0 Å². The highest BCUT2D eigenvalue weighted by Gasteiger charge is 2.30. The van der Waals surface area contributed by atoms with Crippen LogP contribution in [0.2, 0.25) is 0 Å². The van der Waals surface area contributed by atoms with Gasteiger partial charge in [-0.2, -0.15) is 0 Å². The molecule has 0 aliphatic carbocycles. The molecule has 0 saturated heterocycles. The zero-order chi connectivity index (χ0) is 21.8. The van der Waals surface area contributed by atoms with E-state index in [2.05, 4.69) is 15.5 Å². The summed E-state index contributed by atoms with van der Waals surface area (Å²) >= 11 is 0. The van der Waals surface area contributed by atoms with Crippen molar-refractivity contribution < 1.29 is 30.3 Å². The zero-order valence-electron chi connectivity index (χ0n) is 15.7. The van der Waals surface area contributed by atoms with E-state index in [1.807, 2.05) is 0 Å². The fourth-order valence-electron chi connectivity index (χ4n) is 3.02. The minimum absolute atomic E-state index is 0.00536. The summed E-state index contributed by atoms with van der Waals surface area (Å²) in [6.45, 7) is -1.29. The second-order valence-corrected chi connectivity index (χ2v) is 6.75. The topological polar surface area (TPSA) is 173 Å². The molecule has 0 fully saturated rings. The van der Waals surface area contributed by atoms with E-state index in [1.54, 1.807) is 30.3 Å². The van der Waals surface area contributed by atoms with Crippen LogP contribution in [0, 0.1) is 0 Å². The van der Waals surface area contributed by atoms with Gasteiger partial charge in [-0.25, -0.2) is 0 Å². The molecule has 0 aliphatic rings. The molecule has 1 heterocycles. The van der Waals surface area contributed by atoms with Crippen molar-refractivity contribution in [2.75, 3.05) is 13.2 Å². The quantitative estimate of drug-likeness (QED) is 0.263. The predicted octanol–water partition coefficient (Wildman–Crippen LogP) is -1.69. The van der Waals surface area contributed by atoms with E-state index in [4.69, 9.17) is 5.11 Å². The van der Waals surface area contributed by atoms with Gasteiger partial charge in [-0.05, 0) is 24.3 Å². The van der Waals surface area contributed by atoms with Crippen LogP contribution in [0.3, 0.4) is 0 Å². The molecule has 6 N–H and O–H groups in total. The predicted molar refractivity (Wildman–Crippen MR) is 107 cm³/mol. The molecule has 30 heavy (non-hydrogen) atoms. The summed E-state index contributed by atoms with van der Waals surface area (Å²) in [4.78, 5) is 25.7. The average molecular weight is 415 g/mol. The van der Waals surface area contributed by atoms with Gasteiger partial charge in [0.2, 0.25) is 0 Å². The maximum Gasteiger partial charge on any atom is 0.252 e. The first-order valence-corrected chi connectivity index (χ1v) is 9.15. The third-order valence-electron chi connectivity index (χ3n) is 4.73. The fraction of sp³-hybridized carbons (Fsp3) is 0.300. The average Bonchev–Trinajstić information content (AvgIpc) is 2.92. The van der Waals surface area contributed by atoms with Gasteiger partial charge in [0.15, 0.2) is 5.43 Å². The van der Waals surface area contributed by atoms with Gasteiger partial charge in [-0.15, -0.1) is 10.2 Å². The van der Waals surface area contributed by atoms with Gasteiger partial charge in [-0.3, -0.25) is 9.59 Å². The number of nitrogens with one attached hydrogen (secondary N) is 1. The number of aromatic nitrogens is 2. The van der Waals surface area contributed by atoms with Gasteiger partial charge in [0.05, 0.1) is 40.1 Å². The second kappa shape index (κ2) is 9.20. The Hall–Kier alpha value is -3.02. The summed E-state index contributed by atoms with van der Waals surface area (Å²) in [5, 5.41) is 58.5. The molecule has 158 valence electrons. The summed E-state index contributed by atoms with van der Waals surface area (Å²) < 4.78 is 0. The highest BCUT2D eigenvalue weighted by Crippen LogP contribution is 2.15. The largest absolute Gasteiger partial charge is 0.394 e. The molecule has 0 saturated carbocycles. The molecule has 10 nitrogen and oxygen atoms in total. The maximum absolute atomic E-state index is 13.0. The summed E-state index contributed by atoms with van der Waals surface area (Å²) in [6, 6.07) is 11.1. The Morgan fingerprint density at radius 2 is 1.53 bits per heavy atom. The molecule has 0 spiro atoms. The van der Waals surface area contributed by atoms with E-state index in [0.717, 1.165) is 0 Å². The molecule has 10 heteroatoms. The molecule has 0 unspecified atom stereocenters. The summed E-state index contributed by atoms with van der Waals surface area (Å²) in [5.41, 5.74) is 0.162. The lowest BCUT2D eigenvalue weighted by Gasteiger charge is -2.25. The first-order valence-electron chi connectivity index (χ1n) is 9.15. The first-order chi connectivity index (χ1) is 14.3. The van der Waals surface area contributed by atoms with Crippen LogP contribution < -0.4 is 10.7 Å². The van der Waals surface area contributed by atoms with Gasteiger partial charge in [-0.1, -0.05) is 18.2 Å².